The monoisotopic (exact) mass is 808 g/mol. The zero-order chi connectivity index (χ0) is 41.0. The predicted molar refractivity (Wildman–Crippen MR) is 260 cm³/mol. The molecule has 290 valence electrons. The highest BCUT2D eigenvalue weighted by Crippen LogP contribution is 2.46. The van der Waals surface area contributed by atoms with Crippen LogP contribution < -0.4 is 0 Å². The molecule has 0 aliphatic rings. The SMILES string of the molecule is c1ccc(-c2ccc(-c3nc(-c4ccc(-c5ccccc5)cc4)nc(-c4ccccc4-n4c5ccccc5c5ccc6c7cccc(-c8ccccc8)c7sc6c54)n3)cc2)cc1. The second kappa shape index (κ2) is 14.9. The second-order valence-electron chi connectivity index (χ2n) is 15.6. The molecule has 0 atom stereocenters. The summed E-state index contributed by atoms with van der Waals surface area (Å²) in [7, 11) is 0. The molecule has 4 nitrogen and oxygen atoms in total. The van der Waals surface area contributed by atoms with Gasteiger partial charge in [-0.15, -0.1) is 11.3 Å². The summed E-state index contributed by atoms with van der Waals surface area (Å²) in [6, 6.07) is 77.3. The van der Waals surface area contributed by atoms with E-state index in [9.17, 15) is 0 Å². The minimum absolute atomic E-state index is 0.612. The number of aromatic nitrogens is 4. The lowest BCUT2D eigenvalue weighted by atomic mass is 10.0. The van der Waals surface area contributed by atoms with Crippen molar-refractivity contribution < 1.29 is 0 Å². The first kappa shape index (κ1) is 35.9. The van der Waals surface area contributed by atoms with Crippen molar-refractivity contribution in [3.05, 3.63) is 218 Å². The summed E-state index contributed by atoms with van der Waals surface area (Å²) >= 11 is 1.87. The summed E-state index contributed by atoms with van der Waals surface area (Å²) in [5, 5.41) is 4.93. The molecular formula is C57H36N4S. The zero-order valence-corrected chi connectivity index (χ0v) is 34.3. The predicted octanol–water partition coefficient (Wildman–Crippen LogP) is 15.3. The first-order valence-corrected chi connectivity index (χ1v) is 21.7. The normalized spacial score (nSPS) is 11.5. The largest absolute Gasteiger partial charge is 0.307 e. The number of benzene rings is 9. The summed E-state index contributed by atoms with van der Waals surface area (Å²) in [4.78, 5) is 15.8. The standard InChI is InChI=1S/C57H36N4S/c1-4-15-37(16-5-1)39-27-31-42(32-28-39)55-58-56(43-33-29-40(30-34-43)38-17-6-2-7-18-38)60-57(59-55)49-22-11-13-26-51(49)61-50-25-12-10-21-45(50)46-35-36-48-47-24-14-23-44(41-19-8-3-9-20-41)53(47)62-54(48)52(46)61/h1-36H. The smallest absolute Gasteiger partial charge is 0.166 e. The first-order valence-electron chi connectivity index (χ1n) is 20.9. The van der Waals surface area contributed by atoms with Crippen LogP contribution in [0.2, 0.25) is 0 Å². The van der Waals surface area contributed by atoms with Crippen molar-refractivity contribution in [1.29, 1.82) is 0 Å². The van der Waals surface area contributed by atoms with Crippen LogP contribution in [-0.4, -0.2) is 19.5 Å². The van der Waals surface area contributed by atoms with Gasteiger partial charge in [-0.2, -0.15) is 0 Å². The van der Waals surface area contributed by atoms with Crippen molar-refractivity contribution in [2.75, 3.05) is 0 Å². The highest BCUT2D eigenvalue weighted by Gasteiger charge is 2.22. The van der Waals surface area contributed by atoms with Crippen LogP contribution in [0.3, 0.4) is 0 Å². The Morgan fingerprint density at radius 1 is 0.290 bits per heavy atom. The second-order valence-corrected chi connectivity index (χ2v) is 16.6. The topological polar surface area (TPSA) is 43.6 Å². The summed E-state index contributed by atoms with van der Waals surface area (Å²) in [6.45, 7) is 0. The van der Waals surface area contributed by atoms with Gasteiger partial charge in [0.2, 0.25) is 0 Å². The molecule has 9 aromatic carbocycles. The molecule has 0 radical (unpaired) electrons. The summed E-state index contributed by atoms with van der Waals surface area (Å²) < 4.78 is 4.97. The van der Waals surface area contributed by atoms with Gasteiger partial charge in [-0.25, -0.2) is 15.0 Å². The molecule has 5 heteroatoms. The molecule has 0 saturated heterocycles. The Kier molecular flexibility index (Phi) is 8.65. The minimum Gasteiger partial charge on any atom is -0.307 e. The molecule has 3 heterocycles. The van der Waals surface area contributed by atoms with Gasteiger partial charge in [0.15, 0.2) is 17.5 Å². The molecule has 0 aliphatic carbocycles. The van der Waals surface area contributed by atoms with Gasteiger partial charge >= 0.3 is 0 Å². The Bertz CT molecular complexity index is 3490. The maximum absolute atomic E-state index is 5.31. The number of para-hydroxylation sites is 2. The van der Waals surface area contributed by atoms with Crippen LogP contribution in [0.25, 0.3) is 115 Å². The van der Waals surface area contributed by atoms with E-state index >= 15 is 0 Å². The molecule has 0 amide bonds. The minimum atomic E-state index is 0.612. The molecule has 0 aliphatic heterocycles. The number of nitrogens with zero attached hydrogens (tertiary/aromatic N) is 4. The maximum Gasteiger partial charge on any atom is 0.166 e. The third-order valence-electron chi connectivity index (χ3n) is 11.9. The average molecular weight is 809 g/mol. The van der Waals surface area contributed by atoms with Gasteiger partial charge in [-0.1, -0.05) is 200 Å². The van der Waals surface area contributed by atoms with E-state index < -0.39 is 0 Å². The summed E-state index contributed by atoms with van der Waals surface area (Å²) in [6.07, 6.45) is 0. The van der Waals surface area contributed by atoms with Gasteiger partial charge in [0.25, 0.3) is 0 Å². The van der Waals surface area contributed by atoms with E-state index in [0.717, 1.165) is 39.0 Å². The fourth-order valence-corrected chi connectivity index (χ4v) is 10.3. The van der Waals surface area contributed by atoms with Crippen LogP contribution in [0.5, 0.6) is 0 Å². The maximum atomic E-state index is 5.31. The quantitative estimate of drug-likeness (QED) is 0.161. The molecule has 0 saturated carbocycles. The van der Waals surface area contributed by atoms with Crippen LogP contribution in [0, 0.1) is 0 Å². The molecule has 3 aromatic heterocycles. The van der Waals surface area contributed by atoms with Crippen molar-refractivity contribution in [3.63, 3.8) is 0 Å². The number of hydrogen-bond acceptors (Lipinski definition) is 4. The van der Waals surface area contributed by atoms with Gasteiger partial charge in [0.05, 0.1) is 21.4 Å². The van der Waals surface area contributed by atoms with E-state index in [-0.39, 0.29) is 0 Å². The molecule has 12 aromatic rings. The summed E-state index contributed by atoms with van der Waals surface area (Å²) in [5.74, 6) is 1.85. The molecular weight excluding hydrogens is 773 g/mol. The first-order chi connectivity index (χ1) is 30.7. The average Bonchev–Trinajstić information content (AvgIpc) is 3.91. The van der Waals surface area contributed by atoms with E-state index in [1.165, 1.54) is 58.7 Å². The Morgan fingerprint density at radius 2 is 0.742 bits per heavy atom. The number of rotatable bonds is 7. The lowest BCUT2D eigenvalue weighted by Crippen LogP contribution is -2.03. The molecule has 0 fully saturated rings. The lowest BCUT2D eigenvalue weighted by Gasteiger charge is -2.15. The van der Waals surface area contributed by atoms with E-state index in [1.807, 2.05) is 23.5 Å². The van der Waals surface area contributed by atoms with Crippen molar-refractivity contribution in [3.8, 4) is 73.2 Å². The van der Waals surface area contributed by atoms with Gasteiger partial charge < -0.3 is 4.57 Å². The number of thiophene rings is 1. The molecule has 12 rings (SSSR count). The van der Waals surface area contributed by atoms with E-state index in [2.05, 4.69) is 211 Å². The van der Waals surface area contributed by atoms with Gasteiger partial charge in [-0.05, 0) is 51.6 Å². The molecule has 62 heavy (non-hydrogen) atoms. The Hall–Kier alpha value is -7.99. The van der Waals surface area contributed by atoms with Crippen LogP contribution in [-0.2, 0) is 0 Å². The van der Waals surface area contributed by atoms with Crippen molar-refractivity contribution in [1.82, 2.24) is 19.5 Å². The Balaban J connectivity index is 1.08. The van der Waals surface area contributed by atoms with Crippen molar-refractivity contribution in [2.24, 2.45) is 0 Å². The van der Waals surface area contributed by atoms with E-state index in [1.54, 1.807) is 0 Å². The molecule has 0 bridgehead atoms. The molecule has 0 N–H and O–H groups in total. The van der Waals surface area contributed by atoms with E-state index in [4.69, 9.17) is 15.0 Å². The van der Waals surface area contributed by atoms with E-state index in [0.29, 0.717) is 17.5 Å². The highest BCUT2D eigenvalue weighted by molar-refractivity contribution is 7.27. The summed E-state index contributed by atoms with van der Waals surface area (Å²) in [5.41, 5.74) is 13.2. The van der Waals surface area contributed by atoms with Crippen LogP contribution >= 0.6 is 11.3 Å². The fourth-order valence-electron chi connectivity index (χ4n) is 8.90. The fraction of sp³-hybridized carbons (Fsp3) is 0. The van der Waals surface area contributed by atoms with Crippen molar-refractivity contribution in [2.45, 2.75) is 0 Å². The van der Waals surface area contributed by atoms with Crippen LogP contribution in [0.4, 0.5) is 0 Å². The third-order valence-corrected chi connectivity index (χ3v) is 13.2. The lowest BCUT2D eigenvalue weighted by molar-refractivity contribution is 1.06. The van der Waals surface area contributed by atoms with Gasteiger partial charge in [-0.3, -0.25) is 0 Å². The highest BCUT2D eigenvalue weighted by atomic mass is 32.1. The Labute approximate surface area is 362 Å². The van der Waals surface area contributed by atoms with Gasteiger partial charge in [0.1, 0.15) is 0 Å². The molecule has 0 spiro atoms. The third kappa shape index (κ3) is 6.09. The number of fused-ring (bicyclic) bond motifs is 7. The van der Waals surface area contributed by atoms with Crippen LogP contribution in [0.1, 0.15) is 0 Å². The molecule has 0 unspecified atom stereocenters. The zero-order valence-electron chi connectivity index (χ0n) is 33.5. The van der Waals surface area contributed by atoms with Crippen LogP contribution in [0.15, 0.2) is 218 Å². The van der Waals surface area contributed by atoms with Crippen molar-refractivity contribution >= 4 is 53.3 Å². The Morgan fingerprint density at radius 3 is 1.39 bits per heavy atom. The number of hydrogen-bond donors (Lipinski definition) is 0. The van der Waals surface area contributed by atoms with Gasteiger partial charge in [0, 0.05) is 42.9 Å².